The summed E-state index contributed by atoms with van der Waals surface area (Å²) in [5, 5.41) is 2.78. The first-order valence-electron chi connectivity index (χ1n) is 8.59. The van der Waals surface area contributed by atoms with Gasteiger partial charge in [-0.15, -0.1) is 0 Å². The number of hydrogen-bond donors (Lipinski definition) is 1. The van der Waals surface area contributed by atoms with Crippen LogP contribution < -0.4 is 15.0 Å². The summed E-state index contributed by atoms with van der Waals surface area (Å²) in [6.07, 6.45) is 0.158. The van der Waals surface area contributed by atoms with Gasteiger partial charge in [-0.3, -0.25) is 9.59 Å². The van der Waals surface area contributed by atoms with Gasteiger partial charge in [-0.25, -0.2) is 4.79 Å². The Morgan fingerprint density at radius 1 is 1.07 bits per heavy atom. The average Bonchev–Trinajstić information content (AvgIpc) is 2.79. The highest BCUT2D eigenvalue weighted by Gasteiger charge is 2.30. The number of rotatable bonds is 5. The fourth-order valence-electron chi connectivity index (χ4n) is 2.88. The zero-order valence-corrected chi connectivity index (χ0v) is 14.9. The van der Waals surface area contributed by atoms with Crippen molar-refractivity contribution in [1.82, 2.24) is 0 Å². The second kappa shape index (κ2) is 8.35. The van der Waals surface area contributed by atoms with Gasteiger partial charge < -0.3 is 19.7 Å². The lowest BCUT2D eigenvalue weighted by Crippen LogP contribution is -2.41. The van der Waals surface area contributed by atoms with Crippen molar-refractivity contribution < 1.29 is 23.9 Å². The van der Waals surface area contributed by atoms with Gasteiger partial charge in [0.1, 0.15) is 5.75 Å². The molecule has 0 aliphatic carbocycles. The van der Waals surface area contributed by atoms with Crippen LogP contribution in [0.5, 0.6) is 5.75 Å². The predicted octanol–water partition coefficient (Wildman–Crippen LogP) is 2.37. The van der Waals surface area contributed by atoms with Crippen LogP contribution in [0.15, 0.2) is 54.6 Å². The minimum Gasteiger partial charge on any atom is -0.482 e. The second-order valence-corrected chi connectivity index (χ2v) is 6.14. The monoisotopic (exact) mass is 368 g/mol. The Bertz CT molecular complexity index is 837. The van der Waals surface area contributed by atoms with Crippen molar-refractivity contribution in [2.24, 2.45) is 0 Å². The third kappa shape index (κ3) is 4.63. The Morgan fingerprint density at radius 3 is 2.56 bits per heavy atom. The molecule has 0 saturated heterocycles. The molecule has 2 amide bonds. The number of fused-ring (bicyclic) bond motifs is 1. The molecular weight excluding hydrogens is 348 g/mol. The third-order valence-electron chi connectivity index (χ3n) is 4.08. The first-order chi connectivity index (χ1) is 13.0. The lowest BCUT2D eigenvalue weighted by molar-refractivity contribution is -0.149. The Balaban J connectivity index is 1.61. The number of esters is 1. The molecule has 140 valence electrons. The highest BCUT2D eigenvalue weighted by atomic mass is 16.6. The Morgan fingerprint density at radius 2 is 1.78 bits per heavy atom. The van der Waals surface area contributed by atoms with E-state index >= 15 is 0 Å². The molecule has 1 heterocycles. The van der Waals surface area contributed by atoms with Crippen molar-refractivity contribution in [3.8, 4) is 5.75 Å². The highest BCUT2D eigenvalue weighted by molar-refractivity contribution is 6.05. The molecule has 1 aliphatic rings. The van der Waals surface area contributed by atoms with Crippen LogP contribution in [-0.4, -0.2) is 37.0 Å². The van der Waals surface area contributed by atoms with Crippen LogP contribution in [-0.2, 0) is 19.1 Å². The molecule has 1 aliphatic heterocycles. The first kappa shape index (κ1) is 18.4. The number of carbonyl (C=O) groups excluding carboxylic acids is 3. The number of carbonyl (C=O) groups is 3. The molecule has 0 saturated carbocycles. The van der Waals surface area contributed by atoms with Gasteiger partial charge in [0.25, 0.3) is 5.91 Å². The van der Waals surface area contributed by atoms with Crippen molar-refractivity contribution in [3.63, 3.8) is 0 Å². The van der Waals surface area contributed by atoms with Crippen molar-refractivity contribution in [1.29, 1.82) is 0 Å². The van der Waals surface area contributed by atoms with Crippen LogP contribution in [0.25, 0.3) is 0 Å². The normalized spacial score (nSPS) is 16.0. The molecule has 1 N–H and O–H groups in total. The number of ether oxygens (including phenoxy) is 2. The van der Waals surface area contributed by atoms with Gasteiger partial charge >= 0.3 is 5.97 Å². The summed E-state index contributed by atoms with van der Waals surface area (Å²) >= 11 is 0. The minimum absolute atomic E-state index is 0.158. The summed E-state index contributed by atoms with van der Waals surface area (Å²) in [6, 6.07) is 15.5. The van der Waals surface area contributed by atoms with Crippen LogP contribution in [0.4, 0.5) is 11.4 Å². The van der Waals surface area contributed by atoms with Crippen LogP contribution >= 0.6 is 0 Å². The molecule has 1 atom stereocenters. The Kier molecular flexibility index (Phi) is 5.71. The first-order valence-corrected chi connectivity index (χ1v) is 8.59. The number of nitrogens with zero attached hydrogens (tertiary/aromatic N) is 1. The van der Waals surface area contributed by atoms with Crippen LogP contribution in [0.1, 0.15) is 13.3 Å². The van der Waals surface area contributed by atoms with Gasteiger partial charge in [-0.05, 0) is 31.2 Å². The SMILES string of the molecule is CC1CC(=O)Nc2ccccc2N1C(=O)COC(=O)COc1ccccc1. The van der Waals surface area contributed by atoms with Crippen molar-refractivity contribution in [2.75, 3.05) is 23.4 Å². The zero-order chi connectivity index (χ0) is 19.2. The Hall–Kier alpha value is -3.35. The molecule has 2 aromatic rings. The standard InChI is InChI=1S/C20H20N2O5/c1-14-11-18(23)21-16-9-5-6-10-17(16)22(14)19(24)12-27-20(25)13-26-15-7-3-2-4-8-15/h2-10,14H,11-13H2,1H3,(H,21,23). The number of hydrogen-bond acceptors (Lipinski definition) is 5. The van der Waals surface area contributed by atoms with E-state index in [0.29, 0.717) is 17.1 Å². The molecule has 2 aromatic carbocycles. The van der Waals surface area contributed by atoms with Crippen LogP contribution in [0, 0.1) is 0 Å². The van der Waals surface area contributed by atoms with Crippen molar-refractivity contribution >= 4 is 29.2 Å². The fourth-order valence-corrected chi connectivity index (χ4v) is 2.88. The van der Waals surface area contributed by atoms with E-state index in [1.807, 2.05) is 6.07 Å². The van der Waals surface area contributed by atoms with E-state index in [1.165, 1.54) is 4.90 Å². The molecule has 0 radical (unpaired) electrons. The smallest absolute Gasteiger partial charge is 0.344 e. The summed E-state index contributed by atoms with van der Waals surface area (Å²) < 4.78 is 10.4. The maximum absolute atomic E-state index is 12.7. The maximum Gasteiger partial charge on any atom is 0.344 e. The molecule has 0 fully saturated rings. The van der Waals surface area contributed by atoms with E-state index in [1.54, 1.807) is 55.5 Å². The van der Waals surface area contributed by atoms with E-state index < -0.39 is 18.5 Å². The molecular formula is C20H20N2O5. The van der Waals surface area contributed by atoms with E-state index in [-0.39, 0.29) is 25.0 Å². The zero-order valence-electron chi connectivity index (χ0n) is 14.9. The average molecular weight is 368 g/mol. The predicted molar refractivity (Wildman–Crippen MR) is 99.5 cm³/mol. The number of benzene rings is 2. The number of amides is 2. The van der Waals surface area contributed by atoms with Crippen LogP contribution in [0.3, 0.4) is 0 Å². The molecule has 3 rings (SSSR count). The summed E-state index contributed by atoms with van der Waals surface area (Å²) in [4.78, 5) is 38.0. The lowest BCUT2D eigenvalue weighted by atomic mass is 10.1. The van der Waals surface area contributed by atoms with Gasteiger partial charge in [0.15, 0.2) is 13.2 Å². The van der Waals surface area contributed by atoms with Gasteiger partial charge in [0, 0.05) is 12.5 Å². The lowest BCUT2D eigenvalue weighted by Gasteiger charge is -2.27. The molecule has 0 aromatic heterocycles. The molecule has 7 nitrogen and oxygen atoms in total. The Labute approximate surface area is 156 Å². The minimum atomic E-state index is -0.642. The molecule has 27 heavy (non-hydrogen) atoms. The van der Waals surface area contributed by atoms with Gasteiger partial charge in [0.2, 0.25) is 5.91 Å². The topological polar surface area (TPSA) is 84.9 Å². The summed E-state index contributed by atoms with van der Waals surface area (Å²) in [5.41, 5.74) is 1.14. The van der Waals surface area contributed by atoms with Gasteiger partial charge in [-0.2, -0.15) is 0 Å². The largest absolute Gasteiger partial charge is 0.482 e. The number of nitrogens with one attached hydrogen (secondary N) is 1. The molecule has 0 spiro atoms. The van der Waals surface area contributed by atoms with E-state index in [2.05, 4.69) is 5.32 Å². The maximum atomic E-state index is 12.7. The van der Waals surface area contributed by atoms with Gasteiger partial charge in [-0.1, -0.05) is 30.3 Å². The van der Waals surface area contributed by atoms with Crippen molar-refractivity contribution in [2.45, 2.75) is 19.4 Å². The number of para-hydroxylation sites is 3. The van der Waals surface area contributed by atoms with Crippen molar-refractivity contribution in [3.05, 3.63) is 54.6 Å². The van der Waals surface area contributed by atoms with Crippen LogP contribution in [0.2, 0.25) is 0 Å². The van der Waals surface area contributed by atoms with E-state index in [4.69, 9.17) is 9.47 Å². The third-order valence-corrected chi connectivity index (χ3v) is 4.08. The summed E-state index contributed by atoms with van der Waals surface area (Å²) in [5.74, 6) is -0.671. The molecule has 7 heteroatoms. The molecule has 1 unspecified atom stereocenters. The number of anilines is 2. The van der Waals surface area contributed by atoms with Gasteiger partial charge in [0.05, 0.1) is 11.4 Å². The van der Waals surface area contributed by atoms with E-state index in [0.717, 1.165) is 0 Å². The second-order valence-electron chi connectivity index (χ2n) is 6.14. The highest BCUT2D eigenvalue weighted by Crippen LogP contribution is 2.31. The summed E-state index contributed by atoms with van der Waals surface area (Å²) in [6.45, 7) is 1.06. The summed E-state index contributed by atoms with van der Waals surface area (Å²) in [7, 11) is 0. The quantitative estimate of drug-likeness (QED) is 0.819. The van der Waals surface area contributed by atoms with E-state index in [9.17, 15) is 14.4 Å². The molecule has 0 bridgehead atoms. The fraction of sp³-hybridized carbons (Fsp3) is 0.250.